The van der Waals surface area contributed by atoms with Crippen molar-refractivity contribution in [1.82, 2.24) is 20.2 Å². The zero-order valence-electron chi connectivity index (χ0n) is 8.23. The first-order chi connectivity index (χ1) is 6.77. The van der Waals surface area contributed by atoms with Crippen molar-refractivity contribution in [2.24, 2.45) is 0 Å². The molecule has 0 amide bonds. The lowest BCUT2D eigenvalue weighted by Gasteiger charge is -2.03. The fraction of sp³-hybridized carbons (Fsp3) is 0.300. The van der Waals surface area contributed by atoms with Gasteiger partial charge in [-0.2, -0.15) is 5.10 Å². The van der Waals surface area contributed by atoms with Crippen LogP contribution in [0.25, 0.3) is 11.3 Å². The van der Waals surface area contributed by atoms with Crippen molar-refractivity contribution in [3.63, 3.8) is 0 Å². The van der Waals surface area contributed by atoms with Gasteiger partial charge in [0.05, 0.1) is 23.8 Å². The second-order valence-electron chi connectivity index (χ2n) is 3.47. The zero-order chi connectivity index (χ0) is 9.97. The van der Waals surface area contributed by atoms with E-state index in [1.807, 2.05) is 6.20 Å². The molecular weight excluding hydrogens is 176 g/mol. The van der Waals surface area contributed by atoms with E-state index in [4.69, 9.17) is 0 Å². The average Bonchev–Trinajstić information content (AvgIpc) is 2.71. The summed E-state index contributed by atoms with van der Waals surface area (Å²) in [5.41, 5.74) is 2.83. The van der Waals surface area contributed by atoms with Gasteiger partial charge in [-0.3, -0.25) is 15.1 Å². The third kappa shape index (κ3) is 1.64. The number of aromatic amines is 1. The first-order valence-corrected chi connectivity index (χ1v) is 4.58. The molecule has 14 heavy (non-hydrogen) atoms. The fourth-order valence-corrected chi connectivity index (χ4v) is 1.18. The van der Waals surface area contributed by atoms with E-state index >= 15 is 0 Å². The van der Waals surface area contributed by atoms with Gasteiger partial charge in [0.1, 0.15) is 0 Å². The second kappa shape index (κ2) is 3.57. The number of aromatic nitrogens is 4. The van der Waals surface area contributed by atoms with Crippen LogP contribution in [-0.2, 0) is 0 Å². The van der Waals surface area contributed by atoms with Gasteiger partial charge >= 0.3 is 0 Å². The van der Waals surface area contributed by atoms with Gasteiger partial charge in [-0.25, -0.2) is 0 Å². The molecule has 1 N–H and O–H groups in total. The highest BCUT2D eigenvalue weighted by molar-refractivity contribution is 5.55. The van der Waals surface area contributed by atoms with Gasteiger partial charge in [0, 0.05) is 18.0 Å². The molecule has 0 radical (unpaired) electrons. The van der Waals surface area contributed by atoms with Crippen molar-refractivity contribution in [2.75, 3.05) is 0 Å². The van der Waals surface area contributed by atoms with Crippen molar-refractivity contribution in [3.8, 4) is 11.3 Å². The van der Waals surface area contributed by atoms with Crippen LogP contribution in [0.3, 0.4) is 0 Å². The van der Waals surface area contributed by atoms with Crippen LogP contribution in [0.15, 0.2) is 24.8 Å². The highest BCUT2D eigenvalue weighted by atomic mass is 15.1. The van der Waals surface area contributed by atoms with Crippen LogP contribution in [0.1, 0.15) is 25.5 Å². The summed E-state index contributed by atoms with van der Waals surface area (Å²) in [6, 6.07) is 0. The third-order valence-electron chi connectivity index (χ3n) is 2.06. The van der Waals surface area contributed by atoms with E-state index in [1.165, 1.54) is 0 Å². The number of rotatable bonds is 2. The van der Waals surface area contributed by atoms with Crippen LogP contribution < -0.4 is 0 Å². The average molecular weight is 188 g/mol. The Bertz CT molecular complexity index is 389. The summed E-state index contributed by atoms with van der Waals surface area (Å²) in [7, 11) is 0. The van der Waals surface area contributed by atoms with Crippen LogP contribution in [0.4, 0.5) is 0 Å². The van der Waals surface area contributed by atoms with Crippen LogP contribution in [0, 0.1) is 0 Å². The van der Waals surface area contributed by atoms with Crippen molar-refractivity contribution in [2.45, 2.75) is 19.8 Å². The van der Waals surface area contributed by atoms with Crippen molar-refractivity contribution >= 4 is 0 Å². The van der Waals surface area contributed by atoms with Crippen LogP contribution in [-0.4, -0.2) is 20.2 Å². The Morgan fingerprint density at radius 2 is 2.00 bits per heavy atom. The summed E-state index contributed by atoms with van der Waals surface area (Å²) in [5.74, 6) is 0.417. The van der Waals surface area contributed by atoms with Gasteiger partial charge in [-0.15, -0.1) is 0 Å². The molecule has 4 heteroatoms. The molecular formula is C10H12N4. The molecule has 0 aliphatic heterocycles. The smallest absolute Gasteiger partial charge is 0.0916 e. The number of hydrogen-bond donors (Lipinski definition) is 1. The molecule has 0 saturated heterocycles. The number of H-pyrrole nitrogens is 1. The van der Waals surface area contributed by atoms with E-state index in [0.29, 0.717) is 5.92 Å². The van der Waals surface area contributed by atoms with E-state index in [-0.39, 0.29) is 0 Å². The number of hydrogen-bond acceptors (Lipinski definition) is 3. The number of nitrogens with zero attached hydrogens (tertiary/aromatic N) is 3. The molecule has 0 aromatic carbocycles. The lowest BCUT2D eigenvalue weighted by atomic mass is 10.1. The molecule has 2 aromatic rings. The maximum absolute atomic E-state index is 4.33. The third-order valence-corrected chi connectivity index (χ3v) is 2.06. The van der Waals surface area contributed by atoms with Crippen molar-refractivity contribution < 1.29 is 0 Å². The predicted octanol–water partition coefficient (Wildman–Crippen LogP) is 1.99. The normalized spacial score (nSPS) is 10.8. The molecule has 2 heterocycles. The minimum atomic E-state index is 0.417. The SMILES string of the molecule is CC(C)c1cnc(-c2cn[nH]c2)cn1. The second-order valence-corrected chi connectivity index (χ2v) is 3.47. The first kappa shape index (κ1) is 8.87. The van der Waals surface area contributed by atoms with Gasteiger partial charge < -0.3 is 0 Å². The largest absolute Gasteiger partial charge is 0.285 e. The molecule has 0 aliphatic carbocycles. The maximum atomic E-state index is 4.33. The Morgan fingerprint density at radius 3 is 2.50 bits per heavy atom. The molecule has 0 saturated carbocycles. The summed E-state index contributed by atoms with van der Waals surface area (Å²) in [6.45, 7) is 4.20. The molecule has 0 atom stereocenters. The summed E-state index contributed by atoms with van der Waals surface area (Å²) < 4.78 is 0. The molecule has 0 aliphatic rings. The minimum Gasteiger partial charge on any atom is -0.285 e. The summed E-state index contributed by atoms with van der Waals surface area (Å²) in [4.78, 5) is 8.65. The summed E-state index contributed by atoms with van der Waals surface area (Å²) in [6.07, 6.45) is 7.13. The molecule has 0 spiro atoms. The molecule has 0 unspecified atom stereocenters. The molecule has 72 valence electrons. The lowest BCUT2D eigenvalue weighted by molar-refractivity contribution is 0.813. The van der Waals surface area contributed by atoms with Crippen molar-refractivity contribution in [1.29, 1.82) is 0 Å². The quantitative estimate of drug-likeness (QED) is 0.784. The van der Waals surface area contributed by atoms with E-state index in [0.717, 1.165) is 17.0 Å². The molecule has 2 aromatic heterocycles. The van der Waals surface area contributed by atoms with E-state index in [2.05, 4.69) is 34.0 Å². The molecule has 0 bridgehead atoms. The predicted molar refractivity (Wildman–Crippen MR) is 53.7 cm³/mol. The fourth-order valence-electron chi connectivity index (χ4n) is 1.18. The first-order valence-electron chi connectivity index (χ1n) is 4.58. The topological polar surface area (TPSA) is 54.5 Å². The molecule has 4 nitrogen and oxygen atoms in total. The van der Waals surface area contributed by atoms with Gasteiger partial charge in [0.15, 0.2) is 0 Å². The van der Waals surface area contributed by atoms with E-state index in [1.54, 1.807) is 18.6 Å². The van der Waals surface area contributed by atoms with Gasteiger partial charge in [0.2, 0.25) is 0 Å². The monoisotopic (exact) mass is 188 g/mol. The summed E-state index contributed by atoms with van der Waals surface area (Å²) in [5, 5.41) is 6.61. The Labute approximate surface area is 82.4 Å². The lowest BCUT2D eigenvalue weighted by Crippen LogP contribution is -1.94. The van der Waals surface area contributed by atoms with Gasteiger partial charge in [-0.1, -0.05) is 13.8 Å². The standard InChI is InChI=1S/C10H12N4/c1-7(2)9-5-12-10(6-11-9)8-3-13-14-4-8/h3-7H,1-2H3,(H,13,14). The van der Waals surface area contributed by atoms with Crippen LogP contribution in [0.5, 0.6) is 0 Å². The van der Waals surface area contributed by atoms with Crippen LogP contribution in [0.2, 0.25) is 0 Å². The van der Waals surface area contributed by atoms with Gasteiger partial charge in [-0.05, 0) is 5.92 Å². The Kier molecular flexibility index (Phi) is 2.26. The number of nitrogens with one attached hydrogen (secondary N) is 1. The van der Waals surface area contributed by atoms with Crippen LogP contribution >= 0.6 is 0 Å². The minimum absolute atomic E-state index is 0.417. The Hall–Kier alpha value is -1.71. The molecule has 2 rings (SSSR count). The molecule has 0 fully saturated rings. The van der Waals surface area contributed by atoms with E-state index < -0.39 is 0 Å². The van der Waals surface area contributed by atoms with Gasteiger partial charge in [0.25, 0.3) is 0 Å². The zero-order valence-corrected chi connectivity index (χ0v) is 8.23. The Morgan fingerprint density at radius 1 is 1.14 bits per heavy atom. The van der Waals surface area contributed by atoms with Crippen molar-refractivity contribution in [3.05, 3.63) is 30.5 Å². The highest BCUT2D eigenvalue weighted by Gasteiger charge is 2.03. The Balaban J connectivity index is 2.31. The van der Waals surface area contributed by atoms with E-state index in [9.17, 15) is 0 Å². The summed E-state index contributed by atoms with van der Waals surface area (Å²) >= 11 is 0. The highest BCUT2D eigenvalue weighted by Crippen LogP contribution is 2.15. The maximum Gasteiger partial charge on any atom is 0.0916 e.